The lowest BCUT2D eigenvalue weighted by atomic mass is 10.1. The fraction of sp³-hybridized carbons (Fsp3) is 0.647. The van der Waals surface area contributed by atoms with E-state index in [9.17, 15) is 0 Å². The molecule has 2 aromatic rings. The van der Waals surface area contributed by atoms with Crippen LogP contribution in [0.4, 0.5) is 0 Å². The fourth-order valence-corrected chi connectivity index (χ4v) is 3.96. The zero-order chi connectivity index (χ0) is 15.5. The van der Waals surface area contributed by atoms with E-state index in [-0.39, 0.29) is 0 Å². The molecule has 2 aliphatic rings. The molecule has 5 nitrogen and oxygen atoms in total. The Labute approximate surface area is 141 Å². The zero-order valence-corrected chi connectivity index (χ0v) is 14.2. The topological polar surface area (TPSA) is 54.2 Å². The lowest BCUT2D eigenvalue weighted by Crippen LogP contribution is -2.45. The van der Waals surface area contributed by atoms with Gasteiger partial charge in [-0.15, -0.1) is 11.3 Å². The van der Waals surface area contributed by atoms with Crippen LogP contribution in [0.2, 0.25) is 0 Å². The Balaban J connectivity index is 1.23. The predicted octanol–water partition coefficient (Wildman–Crippen LogP) is 2.81. The second-order valence-electron chi connectivity index (χ2n) is 6.68. The third-order valence-electron chi connectivity index (χ3n) is 4.67. The van der Waals surface area contributed by atoms with Gasteiger partial charge in [0.25, 0.3) is 0 Å². The number of hydrogen-bond acceptors (Lipinski definition) is 6. The van der Waals surface area contributed by atoms with Crippen molar-refractivity contribution in [2.45, 2.75) is 50.6 Å². The van der Waals surface area contributed by atoms with E-state index in [0.717, 1.165) is 44.3 Å². The molecule has 1 saturated heterocycles. The Morgan fingerprint density at radius 2 is 2.30 bits per heavy atom. The molecule has 1 aliphatic heterocycles. The SMILES string of the molecule is c1csc(CCNC2CCCN(Cc3noc(C4CC4)n3)C2)c1. The summed E-state index contributed by atoms with van der Waals surface area (Å²) >= 11 is 1.84. The molecule has 1 unspecified atom stereocenters. The van der Waals surface area contributed by atoms with Gasteiger partial charge in [-0.1, -0.05) is 11.2 Å². The molecule has 0 amide bonds. The van der Waals surface area contributed by atoms with Crippen molar-refractivity contribution in [3.05, 3.63) is 34.1 Å². The molecule has 3 heterocycles. The van der Waals surface area contributed by atoms with Crippen molar-refractivity contribution in [1.29, 1.82) is 0 Å². The van der Waals surface area contributed by atoms with Crippen LogP contribution in [-0.4, -0.2) is 40.7 Å². The Morgan fingerprint density at radius 1 is 1.35 bits per heavy atom. The van der Waals surface area contributed by atoms with Crippen LogP contribution >= 0.6 is 11.3 Å². The second kappa shape index (κ2) is 7.11. The van der Waals surface area contributed by atoms with E-state index in [1.165, 1.54) is 30.6 Å². The van der Waals surface area contributed by atoms with Gasteiger partial charge in [0.15, 0.2) is 5.82 Å². The van der Waals surface area contributed by atoms with Gasteiger partial charge in [0, 0.05) is 29.9 Å². The van der Waals surface area contributed by atoms with E-state index >= 15 is 0 Å². The molecule has 1 aliphatic carbocycles. The standard InChI is InChI=1S/C17H24N4OS/c1-3-14(18-8-7-15-4-2-10-23-15)11-21(9-1)12-16-19-17(22-20-16)13-5-6-13/h2,4,10,13-14,18H,1,3,5-9,11-12H2. The largest absolute Gasteiger partial charge is 0.339 e. The second-order valence-corrected chi connectivity index (χ2v) is 7.71. The van der Waals surface area contributed by atoms with E-state index in [2.05, 4.69) is 37.9 Å². The minimum atomic E-state index is 0.546. The highest BCUT2D eigenvalue weighted by atomic mass is 32.1. The molecule has 1 saturated carbocycles. The molecule has 124 valence electrons. The lowest BCUT2D eigenvalue weighted by Gasteiger charge is -2.32. The first-order chi connectivity index (χ1) is 11.4. The van der Waals surface area contributed by atoms with Crippen molar-refractivity contribution in [3.8, 4) is 0 Å². The summed E-state index contributed by atoms with van der Waals surface area (Å²) in [4.78, 5) is 8.46. The fourth-order valence-electron chi connectivity index (χ4n) is 3.25. The van der Waals surface area contributed by atoms with Gasteiger partial charge in [-0.2, -0.15) is 4.98 Å². The van der Waals surface area contributed by atoms with Gasteiger partial charge in [0.2, 0.25) is 5.89 Å². The van der Waals surface area contributed by atoms with Crippen LogP contribution < -0.4 is 5.32 Å². The van der Waals surface area contributed by atoms with Crippen molar-refractivity contribution in [3.63, 3.8) is 0 Å². The van der Waals surface area contributed by atoms with Crippen LogP contribution in [0.3, 0.4) is 0 Å². The average molecular weight is 332 g/mol. The minimum Gasteiger partial charge on any atom is -0.339 e. The predicted molar refractivity (Wildman–Crippen MR) is 90.6 cm³/mol. The summed E-state index contributed by atoms with van der Waals surface area (Å²) in [5, 5.41) is 10.0. The van der Waals surface area contributed by atoms with Crippen LogP contribution in [0.15, 0.2) is 22.0 Å². The Morgan fingerprint density at radius 3 is 3.13 bits per heavy atom. The first-order valence-corrected chi connectivity index (χ1v) is 9.55. The quantitative estimate of drug-likeness (QED) is 0.845. The number of nitrogens with one attached hydrogen (secondary N) is 1. The smallest absolute Gasteiger partial charge is 0.229 e. The van der Waals surface area contributed by atoms with Crippen LogP contribution in [0.25, 0.3) is 0 Å². The summed E-state index contributed by atoms with van der Waals surface area (Å²) in [6.07, 6.45) is 6.05. The average Bonchev–Trinajstić information content (AvgIpc) is 3.08. The molecule has 0 bridgehead atoms. The van der Waals surface area contributed by atoms with Gasteiger partial charge in [0.1, 0.15) is 0 Å². The molecule has 1 N–H and O–H groups in total. The molecule has 2 fully saturated rings. The van der Waals surface area contributed by atoms with Crippen molar-refractivity contribution in [1.82, 2.24) is 20.4 Å². The Bertz CT molecular complexity index is 608. The molecule has 6 heteroatoms. The van der Waals surface area contributed by atoms with Crippen molar-refractivity contribution in [2.24, 2.45) is 0 Å². The summed E-state index contributed by atoms with van der Waals surface area (Å²) in [6, 6.07) is 4.93. The third kappa shape index (κ3) is 4.19. The summed E-state index contributed by atoms with van der Waals surface area (Å²) in [7, 11) is 0. The van der Waals surface area contributed by atoms with E-state index in [0.29, 0.717) is 12.0 Å². The van der Waals surface area contributed by atoms with Gasteiger partial charge in [-0.3, -0.25) is 4.90 Å². The molecule has 23 heavy (non-hydrogen) atoms. The highest BCUT2D eigenvalue weighted by Gasteiger charge is 2.30. The molecule has 0 aromatic carbocycles. The van der Waals surface area contributed by atoms with E-state index in [1.807, 2.05) is 11.3 Å². The summed E-state index contributed by atoms with van der Waals surface area (Å²) in [5.74, 6) is 2.25. The maximum atomic E-state index is 5.36. The van der Waals surface area contributed by atoms with Gasteiger partial charge in [-0.25, -0.2) is 0 Å². The number of thiophene rings is 1. The number of likely N-dealkylation sites (tertiary alicyclic amines) is 1. The molecule has 0 spiro atoms. The summed E-state index contributed by atoms with van der Waals surface area (Å²) < 4.78 is 5.36. The molecular weight excluding hydrogens is 308 g/mol. The first-order valence-electron chi connectivity index (χ1n) is 8.67. The maximum Gasteiger partial charge on any atom is 0.229 e. The normalized spacial score (nSPS) is 22.5. The van der Waals surface area contributed by atoms with Gasteiger partial charge in [-0.05, 0) is 50.1 Å². The lowest BCUT2D eigenvalue weighted by molar-refractivity contribution is 0.178. The number of aromatic nitrogens is 2. The Kier molecular flexibility index (Phi) is 4.73. The summed E-state index contributed by atoms with van der Waals surface area (Å²) in [5.41, 5.74) is 0. The van der Waals surface area contributed by atoms with Crippen LogP contribution in [0, 0.1) is 0 Å². The number of rotatable bonds is 7. The number of hydrogen-bond donors (Lipinski definition) is 1. The van der Waals surface area contributed by atoms with Crippen molar-refractivity contribution < 1.29 is 4.52 Å². The van der Waals surface area contributed by atoms with Gasteiger partial charge < -0.3 is 9.84 Å². The van der Waals surface area contributed by atoms with Crippen molar-refractivity contribution in [2.75, 3.05) is 19.6 Å². The monoisotopic (exact) mass is 332 g/mol. The highest BCUT2D eigenvalue weighted by molar-refractivity contribution is 7.09. The van der Waals surface area contributed by atoms with E-state index < -0.39 is 0 Å². The minimum absolute atomic E-state index is 0.546. The zero-order valence-electron chi connectivity index (χ0n) is 13.4. The van der Waals surface area contributed by atoms with E-state index in [4.69, 9.17) is 4.52 Å². The maximum absolute atomic E-state index is 5.36. The van der Waals surface area contributed by atoms with Crippen molar-refractivity contribution >= 4 is 11.3 Å². The molecule has 0 radical (unpaired) electrons. The van der Waals surface area contributed by atoms with Gasteiger partial charge in [0.05, 0.1) is 6.54 Å². The molecule has 2 aromatic heterocycles. The molecule has 1 atom stereocenters. The highest BCUT2D eigenvalue weighted by Crippen LogP contribution is 2.38. The van der Waals surface area contributed by atoms with Crippen LogP contribution in [0.1, 0.15) is 48.2 Å². The Hall–Kier alpha value is -1.24. The number of nitrogens with zero attached hydrogens (tertiary/aromatic N) is 3. The van der Waals surface area contributed by atoms with Crippen LogP contribution in [0.5, 0.6) is 0 Å². The number of piperidine rings is 1. The van der Waals surface area contributed by atoms with Gasteiger partial charge >= 0.3 is 0 Å². The summed E-state index contributed by atoms with van der Waals surface area (Å²) in [6.45, 7) is 4.10. The van der Waals surface area contributed by atoms with Crippen LogP contribution in [-0.2, 0) is 13.0 Å². The third-order valence-corrected chi connectivity index (χ3v) is 5.60. The first kappa shape index (κ1) is 15.3. The molecule has 4 rings (SSSR count). The molecular formula is C17H24N4OS. The van der Waals surface area contributed by atoms with E-state index in [1.54, 1.807) is 0 Å².